The molecule has 7 nitrogen and oxygen atoms in total. The molecule has 4 N–H and O–H groups in total. The van der Waals surface area contributed by atoms with Crippen LogP contribution < -0.4 is 16.0 Å². The third-order valence-electron chi connectivity index (χ3n) is 5.40. The summed E-state index contributed by atoms with van der Waals surface area (Å²) in [6, 6.07) is 3.70. The van der Waals surface area contributed by atoms with Crippen molar-refractivity contribution in [1.29, 1.82) is 0 Å². The normalized spacial score (nSPS) is 22.9. The number of alkyl halides is 2. The topological polar surface area (TPSA) is 95.8 Å². The Hall–Kier alpha value is -2.29. The fraction of sp³-hybridized carbons (Fsp3) is 0.611. The van der Waals surface area contributed by atoms with E-state index in [2.05, 4.69) is 25.5 Å². The van der Waals surface area contributed by atoms with Crippen molar-refractivity contribution < 1.29 is 8.78 Å². The van der Waals surface area contributed by atoms with Crippen molar-refractivity contribution in [3.05, 3.63) is 24.0 Å². The zero-order valence-corrected chi connectivity index (χ0v) is 15.2. The van der Waals surface area contributed by atoms with E-state index in [-0.39, 0.29) is 31.4 Å². The van der Waals surface area contributed by atoms with Crippen molar-refractivity contribution >= 4 is 17.6 Å². The Balaban J connectivity index is 1.47. The average molecular weight is 377 g/mol. The fourth-order valence-electron chi connectivity index (χ4n) is 4.07. The second-order valence-corrected chi connectivity index (χ2v) is 7.60. The highest BCUT2D eigenvalue weighted by Crippen LogP contribution is 2.34. The molecule has 1 atom stereocenters. The van der Waals surface area contributed by atoms with Gasteiger partial charge in [-0.05, 0) is 31.4 Å². The standard InChI is InChI=1S/C18H25F2N7/c19-18(20)8-12(9-21)10-27(11-18)17-22-6-5-15(24-17)23-16-7-14(25-26-16)13-3-1-2-4-13/h5-7,12-13H,1-4,8-11,21H2,(H2,22,23,24,25,26). The number of anilines is 3. The van der Waals surface area contributed by atoms with Crippen LogP contribution in [0.3, 0.4) is 0 Å². The summed E-state index contributed by atoms with van der Waals surface area (Å²) >= 11 is 0. The van der Waals surface area contributed by atoms with Crippen molar-refractivity contribution in [2.45, 2.75) is 43.9 Å². The molecule has 2 fully saturated rings. The van der Waals surface area contributed by atoms with Crippen molar-refractivity contribution in [1.82, 2.24) is 20.2 Å². The predicted octanol–water partition coefficient (Wildman–Crippen LogP) is 3.02. The Morgan fingerprint density at radius 2 is 2.11 bits per heavy atom. The molecule has 27 heavy (non-hydrogen) atoms. The first-order valence-electron chi connectivity index (χ1n) is 9.50. The summed E-state index contributed by atoms with van der Waals surface area (Å²) < 4.78 is 28.0. The largest absolute Gasteiger partial charge is 0.334 e. The van der Waals surface area contributed by atoms with Crippen LogP contribution in [0.15, 0.2) is 18.3 Å². The molecule has 1 saturated heterocycles. The quantitative estimate of drug-likeness (QED) is 0.741. The number of piperidine rings is 1. The minimum Gasteiger partial charge on any atom is -0.334 e. The number of nitrogens with two attached hydrogens (primary N) is 1. The maximum Gasteiger partial charge on any atom is 0.265 e. The molecule has 1 aliphatic carbocycles. The van der Waals surface area contributed by atoms with Crippen LogP contribution in [0, 0.1) is 5.92 Å². The molecule has 2 aromatic rings. The van der Waals surface area contributed by atoms with Gasteiger partial charge in [0.1, 0.15) is 5.82 Å². The fourth-order valence-corrected chi connectivity index (χ4v) is 4.07. The molecule has 1 unspecified atom stereocenters. The van der Waals surface area contributed by atoms with E-state index >= 15 is 0 Å². The van der Waals surface area contributed by atoms with Gasteiger partial charge in [-0.3, -0.25) is 5.10 Å². The highest BCUT2D eigenvalue weighted by Gasteiger charge is 2.40. The molecule has 2 aromatic heterocycles. The molecule has 1 aliphatic heterocycles. The van der Waals surface area contributed by atoms with Gasteiger partial charge in [0.15, 0.2) is 5.82 Å². The average Bonchev–Trinajstić information content (AvgIpc) is 3.32. The Labute approximate surface area is 156 Å². The highest BCUT2D eigenvalue weighted by atomic mass is 19.3. The zero-order valence-electron chi connectivity index (χ0n) is 15.2. The lowest BCUT2D eigenvalue weighted by molar-refractivity contribution is -0.0281. The maximum atomic E-state index is 14.0. The SMILES string of the molecule is NCC1CN(c2nccc(Nc3cc(C4CCCC4)[nH]n3)n2)CC(F)(F)C1. The van der Waals surface area contributed by atoms with Crippen LogP contribution in [-0.2, 0) is 0 Å². The third-order valence-corrected chi connectivity index (χ3v) is 5.40. The lowest BCUT2D eigenvalue weighted by atomic mass is 9.95. The Bertz CT molecular complexity index is 773. The first-order valence-corrected chi connectivity index (χ1v) is 9.50. The first kappa shape index (κ1) is 18.1. The lowest BCUT2D eigenvalue weighted by Gasteiger charge is -2.37. The minimum absolute atomic E-state index is 0.185. The van der Waals surface area contributed by atoms with Crippen molar-refractivity contribution in [3.8, 4) is 0 Å². The summed E-state index contributed by atoms with van der Waals surface area (Å²) in [7, 11) is 0. The van der Waals surface area contributed by atoms with Gasteiger partial charge in [0.2, 0.25) is 5.95 Å². The number of hydrogen-bond donors (Lipinski definition) is 3. The molecule has 146 valence electrons. The maximum absolute atomic E-state index is 14.0. The number of rotatable bonds is 5. The van der Waals surface area contributed by atoms with Gasteiger partial charge >= 0.3 is 0 Å². The first-order chi connectivity index (χ1) is 13.0. The van der Waals surface area contributed by atoms with Gasteiger partial charge in [-0.15, -0.1) is 0 Å². The minimum atomic E-state index is -2.78. The van der Waals surface area contributed by atoms with Gasteiger partial charge in [-0.2, -0.15) is 10.1 Å². The van der Waals surface area contributed by atoms with E-state index in [1.807, 2.05) is 6.07 Å². The van der Waals surface area contributed by atoms with Crippen molar-refractivity contribution in [2.24, 2.45) is 11.7 Å². The van der Waals surface area contributed by atoms with E-state index in [1.165, 1.54) is 30.6 Å². The number of nitrogens with one attached hydrogen (secondary N) is 2. The molecule has 0 spiro atoms. The number of aromatic amines is 1. The summed E-state index contributed by atoms with van der Waals surface area (Å²) in [6.07, 6.45) is 6.27. The van der Waals surface area contributed by atoms with Gasteiger partial charge < -0.3 is 16.0 Å². The van der Waals surface area contributed by atoms with Gasteiger partial charge in [-0.25, -0.2) is 13.8 Å². The Kier molecular flexibility index (Phi) is 4.94. The molecular weight excluding hydrogens is 352 g/mol. The van der Waals surface area contributed by atoms with Crippen LogP contribution in [0.4, 0.5) is 26.4 Å². The zero-order chi connectivity index (χ0) is 18.9. The summed E-state index contributed by atoms with van der Waals surface area (Å²) in [5.74, 6) is -1.03. The van der Waals surface area contributed by atoms with E-state index < -0.39 is 5.92 Å². The summed E-state index contributed by atoms with van der Waals surface area (Å²) in [5, 5.41) is 10.5. The van der Waals surface area contributed by atoms with E-state index in [9.17, 15) is 8.78 Å². The molecule has 0 aromatic carbocycles. The number of H-pyrrole nitrogens is 1. The van der Waals surface area contributed by atoms with Crippen molar-refractivity contribution in [3.63, 3.8) is 0 Å². The van der Waals surface area contributed by atoms with Gasteiger partial charge in [0.05, 0.1) is 6.54 Å². The second-order valence-electron chi connectivity index (χ2n) is 7.60. The third kappa shape index (κ3) is 4.18. The number of halogens is 2. The summed E-state index contributed by atoms with van der Waals surface area (Å²) in [6.45, 7) is 0.270. The molecule has 0 bridgehead atoms. The second kappa shape index (κ2) is 7.38. The Morgan fingerprint density at radius 3 is 2.89 bits per heavy atom. The van der Waals surface area contributed by atoms with Gasteiger partial charge in [0.25, 0.3) is 5.92 Å². The van der Waals surface area contributed by atoms with E-state index in [0.29, 0.717) is 24.1 Å². The van der Waals surface area contributed by atoms with E-state index in [0.717, 1.165) is 5.69 Å². The van der Waals surface area contributed by atoms with Crippen LogP contribution in [0.5, 0.6) is 0 Å². The van der Waals surface area contributed by atoms with Gasteiger partial charge in [0, 0.05) is 36.8 Å². The predicted molar refractivity (Wildman–Crippen MR) is 99.4 cm³/mol. The highest BCUT2D eigenvalue weighted by molar-refractivity contribution is 5.53. The molecule has 0 radical (unpaired) electrons. The number of aromatic nitrogens is 4. The van der Waals surface area contributed by atoms with Gasteiger partial charge in [-0.1, -0.05) is 12.8 Å². The molecular formula is C18H25F2N7. The molecule has 4 rings (SSSR count). The number of nitrogens with zero attached hydrogens (tertiary/aromatic N) is 4. The van der Waals surface area contributed by atoms with Crippen LogP contribution in [0.1, 0.15) is 43.7 Å². The van der Waals surface area contributed by atoms with Crippen LogP contribution in [-0.4, -0.2) is 45.7 Å². The van der Waals surface area contributed by atoms with E-state index in [4.69, 9.17) is 5.73 Å². The summed E-state index contributed by atoms with van der Waals surface area (Å²) in [4.78, 5) is 10.1. The molecule has 3 heterocycles. The smallest absolute Gasteiger partial charge is 0.265 e. The molecule has 9 heteroatoms. The molecule has 2 aliphatic rings. The van der Waals surface area contributed by atoms with Crippen LogP contribution >= 0.6 is 0 Å². The Morgan fingerprint density at radius 1 is 1.30 bits per heavy atom. The molecule has 1 saturated carbocycles. The van der Waals surface area contributed by atoms with Crippen LogP contribution in [0.2, 0.25) is 0 Å². The monoisotopic (exact) mass is 377 g/mol. The summed E-state index contributed by atoms with van der Waals surface area (Å²) in [5.41, 5.74) is 6.76. The molecule has 0 amide bonds. The lowest BCUT2D eigenvalue weighted by Crippen LogP contribution is -2.49. The number of hydrogen-bond acceptors (Lipinski definition) is 6. The van der Waals surface area contributed by atoms with Crippen LogP contribution in [0.25, 0.3) is 0 Å². The van der Waals surface area contributed by atoms with Crippen molar-refractivity contribution in [2.75, 3.05) is 29.9 Å². The van der Waals surface area contributed by atoms with E-state index in [1.54, 1.807) is 12.3 Å².